The van der Waals surface area contributed by atoms with Crippen LogP contribution in [0.5, 0.6) is 11.5 Å². The monoisotopic (exact) mass is 321 g/mol. The standard InChI is InChI=1S/C16H19NO6/c1-21-12-3-4-13(22-2)15-14(12)11(19)9-10(16(15)20)17-5-7-23-8-6-18/h3-4,9,17-18H,5-8H2,1-2H3. The van der Waals surface area contributed by atoms with Crippen molar-refractivity contribution < 1.29 is 28.9 Å². The van der Waals surface area contributed by atoms with E-state index in [2.05, 4.69) is 5.32 Å². The highest BCUT2D eigenvalue weighted by molar-refractivity contribution is 6.26. The van der Waals surface area contributed by atoms with E-state index in [0.717, 1.165) is 0 Å². The first kappa shape index (κ1) is 17.0. The molecule has 2 rings (SSSR count). The van der Waals surface area contributed by atoms with E-state index in [0.29, 0.717) is 24.7 Å². The predicted octanol–water partition coefficient (Wildman–Crippen LogP) is 0.565. The minimum absolute atomic E-state index is 0.0650. The van der Waals surface area contributed by atoms with Gasteiger partial charge in [-0.15, -0.1) is 0 Å². The van der Waals surface area contributed by atoms with Crippen LogP contribution >= 0.6 is 0 Å². The molecule has 0 fully saturated rings. The van der Waals surface area contributed by atoms with Gasteiger partial charge in [0.25, 0.3) is 0 Å². The van der Waals surface area contributed by atoms with Gasteiger partial charge in [0, 0.05) is 12.6 Å². The van der Waals surface area contributed by atoms with Gasteiger partial charge in [-0.05, 0) is 12.1 Å². The zero-order valence-corrected chi connectivity index (χ0v) is 13.0. The van der Waals surface area contributed by atoms with Crippen LogP contribution in [-0.2, 0) is 4.74 Å². The number of carbonyl (C=O) groups excluding carboxylic acids is 2. The summed E-state index contributed by atoms with van der Waals surface area (Å²) in [7, 11) is 2.88. The van der Waals surface area contributed by atoms with Gasteiger partial charge >= 0.3 is 0 Å². The smallest absolute Gasteiger partial charge is 0.213 e. The number of benzene rings is 1. The van der Waals surface area contributed by atoms with Crippen LogP contribution in [0.2, 0.25) is 0 Å². The molecule has 7 heteroatoms. The largest absolute Gasteiger partial charge is 0.496 e. The average molecular weight is 321 g/mol. The van der Waals surface area contributed by atoms with Gasteiger partial charge < -0.3 is 24.6 Å². The molecular formula is C16H19NO6. The first-order chi connectivity index (χ1) is 11.1. The van der Waals surface area contributed by atoms with E-state index in [9.17, 15) is 9.59 Å². The molecule has 1 aliphatic rings. The zero-order chi connectivity index (χ0) is 16.8. The number of ether oxygens (including phenoxy) is 3. The van der Waals surface area contributed by atoms with Gasteiger partial charge in [-0.2, -0.15) is 0 Å². The molecule has 0 saturated carbocycles. The maximum atomic E-state index is 12.6. The van der Waals surface area contributed by atoms with Crippen molar-refractivity contribution in [3.8, 4) is 11.5 Å². The van der Waals surface area contributed by atoms with Gasteiger partial charge in [-0.1, -0.05) is 0 Å². The van der Waals surface area contributed by atoms with Gasteiger partial charge in [0.05, 0.1) is 50.9 Å². The van der Waals surface area contributed by atoms with Gasteiger partial charge in [0.2, 0.25) is 5.78 Å². The van der Waals surface area contributed by atoms with Crippen LogP contribution in [0.15, 0.2) is 23.9 Å². The number of Topliss-reactive ketones (excluding diaryl/α,β-unsaturated/α-hetero) is 1. The number of carbonyl (C=O) groups is 2. The van der Waals surface area contributed by atoms with Crippen LogP contribution in [-0.4, -0.2) is 57.3 Å². The summed E-state index contributed by atoms with van der Waals surface area (Å²) < 4.78 is 15.5. The van der Waals surface area contributed by atoms with E-state index in [1.165, 1.54) is 20.3 Å². The molecule has 7 nitrogen and oxygen atoms in total. The molecular weight excluding hydrogens is 302 g/mol. The van der Waals surface area contributed by atoms with Crippen LogP contribution in [0.25, 0.3) is 0 Å². The van der Waals surface area contributed by atoms with Crippen molar-refractivity contribution >= 4 is 11.6 Å². The van der Waals surface area contributed by atoms with Crippen LogP contribution in [0.3, 0.4) is 0 Å². The zero-order valence-electron chi connectivity index (χ0n) is 13.0. The fourth-order valence-electron chi connectivity index (χ4n) is 2.33. The minimum atomic E-state index is -0.336. The quantitative estimate of drug-likeness (QED) is 0.676. The lowest BCUT2D eigenvalue weighted by molar-refractivity contribution is 0.0919. The molecule has 124 valence electrons. The molecule has 2 N–H and O–H groups in total. The minimum Gasteiger partial charge on any atom is -0.496 e. The van der Waals surface area contributed by atoms with Crippen molar-refractivity contribution in [2.75, 3.05) is 40.6 Å². The lowest BCUT2D eigenvalue weighted by atomic mass is 9.91. The fourth-order valence-corrected chi connectivity index (χ4v) is 2.33. The molecule has 0 spiro atoms. The second-order valence-electron chi connectivity index (χ2n) is 4.73. The third kappa shape index (κ3) is 3.52. The summed E-state index contributed by atoms with van der Waals surface area (Å²) in [4.78, 5) is 25.0. The number of fused-ring (bicyclic) bond motifs is 1. The van der Waals surface area contributed by atoms with Crippen molar-refractivity contribution in [1.29, 1.82) is 0 Å². The number of aliphatic hydroxyl groups is 1. The maximum absolute atomic E-state index is 12.6. The summed E-state index contributed by atoms with van der Waals surface area (Å²) in [5.41, 5.74) is 0.582. The van der Waals surface area contributed by atoms with E-state index >= 15 is 0 Å². The van der Waals surface area contributed by atoms with Crippen LogP contribution in [0, 0.1) is 0 Å². The molecule has 1 aromatic carbocycles. The van der Waals surface area contributed by atoms with Crippen LogP contribution < -0.4 is 14.8 Å². The molecule has 23 heavy (non-hydrogen) atoms. The lowest BCUT2D eigenvalue weighted by Crippen LogP contribution is -2.30. The molecule has 0 atom stereocenters. The van der Waals surface area contributed by atoms with Crippen LogP contribution in [0.4, 0.5) is 0 Å². The summed E-state index contributed by atoms with van der Waals surface area (Å²) in [5, 5.41) is 11.5. The third-order valence-corrected chi connectivity index (χ3v) is 3.36. The van der Waals surface area contributed by atoms with Gasteiger partial charge in [-0.25, -0.2) is 0 Å². The molecule has 0 heterocycles. The van der Waals surface area contributed by atoms with Crippen molar-refractivity contribution in [3.05, 3.63) is 35.0 Å². The number of methoxy groups -OCH3 is 2. The molecule has 0 unspecified atom stereocenters. The highest BCUT2D eigenvalue weighted by Crippen LogP contribution is 2.35. The number of nitrogens with one attached hydrogen (secondary N) is 1. The number of hydrogen-bond acceptors (Lipinski definition) is 7. The Kier molecular flexibility index (Phi) is 5.72. The van der Waals surface area contributed by atoms with Crippen molar-refractivity contribution in [2.45, 2.75) is 0 Å². The predicted molar refractivity (Wildman–Crippen MR) is 82.2 cm³/mol. The summed E-state index contributed by atoms with van der Waals surface area (Å²) in [6, 6.07) is 3.19. The Morgan fingerprint density at radius 3 is 2.30 bits per heavy atom. The van der Waals surface area contributed by atoms with E-state index < -0.39 is 0 Å². The SMILES string of the molecule is COc1ccc(OC)c2c1C(=O)C=C(NCCOCCO)C2=O. The molecule has 0 saturated heterocycles. The van der Waals surface area contributed by atoms with E-state index in [-0.39, 0.29) is 41.6 Å². The highest BCUT2D eigenvalue weighted by Gasteiger charge is 2.31. The van der Waals surface area contributed by atoms with Gasteiger partial charge in [0.1, 0.15) is 11.5 Å². The molecule has 0 aromatic heterocycles. The number of hydrogen-bond donors (Lipinski definition) is 2. The second kappa shape index (κ2) is 7.75. The molecule has 0 amide bonds. The topological polar surface area (TPSA) is 94.1 Å². The Balaban J connectivity index is 2.24. The van der Waals surface area contributed by atoms with E-state index in [1.807, 2.05) is 0 Å². The summed E-state index contributed by atoms with van der Waals surface area (Å²) in [5.74, 6) is -0.00422. The van der Waals surface area contributed by atoms with E-state index in [1.54, 1.807) is 12.1 Å². The molecule has 0 bridgehead atoms. The number of rotatable bonds is 8. The fraction of sp³-hybridized carbons (Fsp3) is 0.375. The van der Waals surface area contributed by atoms with Gasteiger partial charge in [-0.3, -0.25) is 9.59 Å². The molecule has 0 aliphatic heterocycles. The van der Waals surface area contributed by atoms with Crippen molar-refractivity contribution in [2.24, 2.45) is 0 Å². The number of allylic oxidation sites excluding steroid dienone is 2. The number of ketones is 2. The molecule has 1 aliphatic carbocycles. The highest BCUT2D eigenvalue weighted by atomic mass is 16.5. The maximum Gasteiger partial charge on any atom is 0.213 e. The third-order valence-electron chi connectivity index (χ3n) is 3.36. The first-order valence-electron chi connectivity index (χ1n) is 7.12. The van der Waals surface area contributed by atoms with Gasteiger partial charge in [0.15, 0.2) is 5.78 Å². The Morgan fingerprint density at radius 2 is 1.70 bits per heavy atom. The Bertz CT molecular complexity index is 638. The van der Waals surface area contributed by atoms with Crippen molar-refractivity contribution in [3.63, 3.8) is 0 Å². The lowest BCUT2D eigenvalue weighted by Gasteiger charge is -2.20. The summed E-state index contributed by atoms with van der Waals surface area (Å²) in [6.45, 7) is 0.805. The molecule has 1 aromatic rings. The normalized spacial score (nSPS) is 13.4. The number of aliphatic hydroxyl groups excluding tert-OH is 1. The summed E-state index contributed by atoms with van der Waals surface area (Å²) >= 11 is 0. The van der Waals surface area contributed by atoms with Crippen molar-refractivity contribution in [1.82, 2.24) is 5.32 Å². The Labute approximate surface area is 133 Å². The Morgan fingerprint density at radius 1 is 1.04 bits per heavy atom. The first-order valence-corrected chi connectivity index (χ1v) is 7.12. The summed E-state index contributed by atoms with van der Waals surface area (Å²) in [6.07, 6.45) is 1.25. The second-order valence-corrected chi connectivity index (χ2v) is 4.73. The van der Waals surface area contributed by atoms with Crippen LogP contribution in [0.1, 0.15) is 20.7 Å². The average Bonchev–Trinajstić information content (AvgIpc) is 2.57. The van der Waals surface area contributed by atoms with E-state index in [4.69, 9.17) is 19.3 Å². The Hall–Kier alpha value is -2.38. The molecule has 0 radical (unpaired) electrons.